The van der Waals surface area contributed by atoms with Gasteiger partial charge >= 0.3 is 5.97 Å². The van der Waals surface area contributed by atoms with Gasteiger partial charge in [0.25, 0.3) is 0 Å². The molecular formula is C17H16ClFO2. The number of hydrogen-bond donors (Lipinski definition) is 1. The minimum atomic E-state index is -0.879. The molecule has 0 fully saturated rings. The third-order valence-electron chi connectivity index (χ3n) is 3.42. The number of hydrogen-bond acceptors (Lipinski definition) is 1. The Bertz CT molecular complexity index is 638. The number of rotatable bonds is 5. The van der Waals surface area contributed by atoms with Crippen molar-refractivity contribution in [1.29, 1.82) is 0 Å². The topological polar surface area (TPSA) is 37.3 Å². The summed E-state index contributed by atoms with van der Waals surface area (Å²) in [5.74, 6) is -1.79. The second-order valence-corrected chi connectivity index (χ2v) is 5.57. The molecule has 2 aromatic rings. The molecule has 0 saturated heterocycles. The summed E-state index contributed by atoms with van der Waals surface area (Å²) in [7, 11) is 0. The molecule has 2 nitrogen and oxygen atoms in total. The molecule has 2 rings (SSSR count). The van der Waals surface area contributed by atoms with E-state index >= 15 is 0 Å². The minimum absolute atomic E-state index is 0.327. The molecule has 1 unspecified atom stereocenters. The highest BCUT2D eigenvalue weighted by atomic mass is 35.5. The molecular weight excluding hydrogens is 291 g/mol. The van der Waals surface area contributed by atoms with Crippen LogP contribution < -0.4 is 0 Å². The van der Waals surface area contributed by atoms with Crippen LogP contribution in [0.2, 0.25) is 5.02 Å². The predicted octanol–water partition coefficient (Wildman–Crippen LogP) is 4.27. The highest BCUT2D eigenvalue weighted by Gasteiger charge is 2.20. The van der Waals surface area contributed by atoms with Gasteiger partial charge in [-0.3, -0.25) is 4.79 Å². The number of carboxylic acids is 1. The Morgan fingerprint density at radius 3 is 2.43 bits per heavy atom. The second kappa shape index (κ2) is 6.72. The van der Waals surface area contributed by atoms with E-state index in [0.717, 1.165) is 16.7 Å². The Kier molecular flexibility index (Phi) is 4.97. The van der Waals surface area contributed by atoms with E-state index in [0.29, 0.717) is 17.9 Å². The smallest absolute Gasteiger partial charge is 0.307 e. The first-order chi connectivity index (χ1) is 9.95. The molecule has 1 N–H and O–H groups in total. The quantitative estimate of drug-likeness (QED) is 0.895. The Hall–Kier alpha value is -1.87. The molecule has 0 aliphatic rings. The van der Waals surface area contributed by atoms with Crippen LogP contribution in [0.4, 0.5) is 4.39 Å². The third kappa shape index (κ3) is 4.30. The maximum atomic E-state index is 12.9. The molecule has 0 aliphatic carbocycles. The Balaban J connectivity index is 2.15. The average molecular weight is 307 g/mol. The number of carboxylic acid groups (broad SMARTS) is 1. The first-order valence-corrected chi connectivity index (χ1v) is 7.06. The van der Waals surface area contributed by atoms with Crippen molar-refractivity contribution in [3.05, 3.63) is 70.0 Å². The van der Waals surface area contributed by atoms with Crippen LogP contribution in [0.15, 0.2) is 42.5 Å². The molecule has 21 heavy (non-hydrogen) atoms. The summed E-state index contributed by atoms with van der Waals surface area (Å²) in [5, 5.41) is 9.96. The van der Waals surface area contributed by atoms with E-state index in [1.807, 2.05) is 25.1 Å². The fourth-order valence-corrected chi connectivity index (χ4v) is 2.55. The summed E-state index contributed by atoms with van der Waals surface area (Å²) in [6.07, 6.45) is 0.700. The molecule has 0 radical (unpaired) electrons. The fourth-order valence-electron chi connectivity index (χ4n) is 2.24. The highest BCUT2D eigenvalue weighted by molar-refractivity contribution is 6.31. The molecule has 0 heterocycles. The van der Waals surface area contributed by atoms with Gasteiger partial charge in [-0.05, 0) is 54.7 Å². The van der Waals surface area contributed by atoms with E-state index in [2.05, 4.69) is 0 Å². The summed E-state index contributed by atoms with van der Waals surface area (Å²) in [4.78, 5) is 11.4. The lowest BCUT2D eigenvalue weighted by atomic mass is 9.92. The van der Waals surface area contributed by atoms with Crippen molar-refractivity contribution in [2.24, 2.45) is 5.92 Å². The zero-order valence-corrected chi connectivity index (χ0v) is 12.4. The van der Waals surface area contributed by atoms with E-state index < -0.39 is 11.9 Å². The maximum Gasteiger partial charge on any atom is 0.307 e. The van der Waals surface area contributed by atoms with E-state index in [4.69, 9.17) is 11.6 Å². The Morgan fingerprint density at radius 2 is 1.86 bits per heavy atom. The number of aliphatic carboxylic acids is 1. The summed E-state index contributed by atoms with van der Waals surface area (Å²) in [5.41, 5.74) is 2.65. The zero-order chi connectivity index (χ0) is 15.4. The van der Waals surface area contributed by atoms with Crippen LogP contribution in [0.1, 0.15) is 16.7 Å². The number of benzene rings is 2. The van der Waals surface area contributed by atoms with Crippen molar-refractivity contribution in [2.45, 2.75) is 19.8 Å². The van der Waals surface area contributed by atoms with Gasteiger partial charge in [0.15, 0.2) is 0 Å². The van der Waals surface area contributed by atoms with Crippen LogP contribution in [0, 0.1) is 18.7 Å². The average Bonchev–Trinajstić information content (AvgIpc) is 2.43. The molecule has 4 heteroatoms. The van der Waals surface area contributed by atoms with Crippen LogP contribution in [-0.2, 0) is 17.6 Å². The molecule has 0 amide bonds. The van der Waals surface area contributed by atoms with Crippen molar-refractivity contribution in [3.63, 3.8) is 0 Å². The fraction of sp³-hybridized carbons (Fsp3) is 0.235. The van der Waals surface area contributed by atoms with Crippen LogP contribution in [0.3, 0.4) is 0 Å². The van der Waals surface area contributed by atoms with Crippen LogP contribution in [0.5, 0.6) is 0 Å². The molecule has 0 bridgehead atoms. The van der Waals surface area contributed by atoms with E-state index in [-0.39, 0.29) is 5.82 Å². The highest BCUT2D eigenvalue weighted by Crippen LogP contribution is 2.23. The number of halogens is 2. The van der Waals surface area contributed by atoms with Gasteiger partial charge in [0.1, 0.15) is 5.82 Å². The van der Waals surface area contributed by atoms with Gasteiger partial charge in [0.2, 0.25) is 0 Å². The van der Waals surface area contributed by atoms with Gasteiger partial charge in [0, 0.05) is 5.02 Å². The lowest BCUT2D eigenvalue weighted by Gasteiger charge is -2.14. The first-order valence-electron chi connectivity index (χ1n) is 6.68. The minimum Gasteiger partial charge on any atom is -0.481 e. The summed E-state index contributed by atoms with van der Waals surface area (Å²) < 4.78 is 12.9. The zero-order valence-electron chi connectivity index (χ0n) is 11.6. The van der Waals surface area contributed by atoms with Gasteiger partial charge in [-0.1, -0.05) is 35.9 Å². The predicted molar refractivity (Wildman–Crippen MR) is 81.1 cm³/mol. The molecule has 0 saturated carbocycles. The summed E-state index contributed by atoms with van der Waals surface area (Å²) >= 11 is 6.16. The summed E-state index contributed by atoms with van der Waals surface area (Å²) in [6.45, 7) is 1.93. The standard InChI is InChI=1S/C17H16ClFO2/c1-11-2-5-13(16(18)8-11)10-14(17(20)21)9-12-3-6-15(19)7-4-12/h2-8,14H,9-10H2,1H3,(H,20,21). The van der Waals surface area contributed by atoms with Crippen LogP contribution in [-0.4, -0.2) is 11.1 Å². The molecule has 0 aliphatic heterocycles. The van der Waals surface area contributed by atoms with Crippen molar-refractivity contribution in [2.75, 3.05) is 0 Å². The maximum absolute atomic E-state index is 12.9. The normalized spacial score (nSPS) is 12.1. The van der Waals surface area contributed by atoms with E-state index in [1.54, 1.807) is 12.1 Å². The van der Waals surface area contributed by atoms with Gasteiger partial charge in [-0.25, -0.2) is 4.39 Å². The second-order valence-electron chi connectivity index (χ2n) is 5.16. The van der Waals surface area contributed by atoms with Crippen molar-refractivity contribution in [3.8, 4) is 0 Å². The van der Waals surface area contributed by atoms with Crippen molar-refractivity contribution in [1.82, 2.24) is 0 Å². The molecule has 0 spiro atoms. The Labute approximate surface area is 128 Å². The van der Waals surface area contributed by atoms with Gasteiger partial charge in [-0.2, -0.15) is 0 Å². The van der Waals surface area contributed by atoms with E-state index in [1.165, 1.54) is 12.1 Å². The number of carbonyl (C=O) groups is 1. The van der Waals surface area contributed by atoms with E-state index in [9.17, 15) is 14.3 Å². The monoisotopic (exact) mass is 306 g/mol. The lowest BCUT2D eigenvalue weighted by molar-refractivity contribution is -0.141. The summed E-state index contributed by atoms with van der Waals surface area (Å²) in [6, 6.07) is 11.5. The molecule has 2 aromatic carbocycles. The SMILES string of the molecule is Cc1ccc(CC(Cc2ccc(F)cc2)C(=O)O)c(Cl)c1. The van der Waals surface area contributed by atoms with Gasteiger partial charge in [0.05, 0.1) is 5.92 Å². The van der Waals surface area contributed by atoms with Crippen LogP contribution in [0.25, 0.3) is 0 Å². The first kappa shape index (κ1) is 15.5. The third-order valence-corrected chi connectivity index (χ3v) is 3.77. The number of aryl methyl sites for hydroxylation is 1. The van der Waals surface area contributed by atoms with Crippen molar-refractivity contribution < 1.29 is 14.3 Å². The van der Waals surface area contributed by atoms with Gasteiger partial charge in [-0.15, -0.1) is 0 Å². The van der Waals surface area contributed by atoms with Gasteiger partial charge < -0.3 is 5.11 Å². The van der Waals surface area contributed by atoms with Crippen LogP contribution >= 0.6 is 11.6 Å². The molecule has 1 atom stereocenters. The largest absolute Gasteiger partial charge is 0.481 e. The Morgan fingerprint density at radius 1 is 1.19 bits per heavy atom. The molecule has 0 aromatic heterocycles. The lowest BCUT2D eigenvalue weighted by Crippen LogP contribution is -2.19. The van der Waals surface area contributed by atoms with Crippen molar-refractivity contribution >= 4 is 17.6 Å². The molecule has 110 valence electrons.